The fraction of sp³-hybridized carbons (Fsp3) is 0.840. The normalized spacial score (nSPS) is 58.3. The van der Waals surface area contributed by atoms with Gasteiger partial charge in [0.05, 0.1) is 24.1 Å². The summed E-state index contributed by atoms with van der Waals surface area (Å²) in [5.41, 5.74) is -0.685. The van der Waals surface area contributed by atoms with Crippen LogP contribution in [-0.4, -0.2) is 39.4 Å². The second kappa shape index (κ2) is 5.92. The highest BCUT2D eigenvalue weighted by Gasteiger charge is 2.84. The van der Waals surface area contributed by atoms with Crippen molar-refractivity contribution in [2.45, 2.75) is 89.5 Å². The average Bonchev–Trinajstić information content (AvgIpc) is 3.01. The molecule has 0 radical (unpaired) electrons. The van der Waals surface area contributed by atoms with Crippen molar-refractivity contribution in [1.82, 2.24) is 0 Å². The molecule has 2 N–H and O–H groups in total. The Bertz CT molecular complexity index is 865. The van der Waals surface area contributed by atoms with Gasteiger partial charge in [-0.3, -0.25) is 0 Å². The number of furan rings is 1. The molecule has 5 fully saturated rings. The van der Waals surface area contributed by atoms with Crippen LogP contribution in [0.1, 0.15) is 58.3 Å². The molecule has 2 aliphatic heterocycles. The minimum absolute atomic E-state index is 0.0552. The molecule has 1 aromatic rings. The highest BCUT2D eigenvalue weighted by atomic mass is 16.7. The van der Waals surface area contributed by atoms with E-state index in [1.165, 1.54) is 0 Å². The summed E-state index contributed by atoms with van der Waals surface area (Å²) in [6.07, 6.45) is 4.62. The molecule has 2 bridgehead atoms. The quantitative estimate of drug-likeness (QED) is 0.783. The van der Waals surface area contributed by atoms with Crippen LogP contribution in [0, 0.1) is 48.3 Å². The second-order valence-corrected chi connectivity index (χ2v) is 11.5. The molecular weight excluding hydrogens is 380 g/mol. The van der Waals surface area contributed by atoms with Crippen LogP contribution in [0.15, 0.2) is 16.7 Å². The highest BCUT2D eigenvalue weighted by molar-refractivity contribution is 5.29. The number of rotatable bonds is 4. The maximum atomic E-state index is 12.5. The topological polar surface area (TPSA) is 72.1 Å². The Balaban J connectivity index is 1.46. The van der Waals surface area contributed by atoms with E-state index >= 15 is 0 Å². The minimum atomic E-state index is -1.16. The fourth-order valence-electron chi connectivity index (χ4n) is 8.45. The third-order valence-corrected chi connectivity index (χ3v) is 9.96. The molecule has 6 rings (SSSR count). The van der Waals surface area contributed by atoms with Crippen LogP contribution < -0.4 is 0 Å². The Morgan fingerprint density at radius 2 is 1.87 bits per heavy atom. The van der Waals surface area contributed by atoms with Crippen molar-refractivity contribution in [3.63, 3.8) is 0 Å². The molecule has 5 aliphatic rings. The molecule has 166 valence electrons. The van der Waals surface area contributed by atoms with E-state index in [4.69, 9.17) is 13.9 Å². The lowest BCUT2D eigenvalue weighted by Gasteiger charge is -2.60. The smallest absolute Gasteiger partial charge is 0.202 e. The van der Waals surface area contributed by atoms with Crippen molar-refractivity contribution >= 4 is 0 Å². The first-order valence-corrected chi connectivity index (χ1v) is 12.0. The van der Waals surface area contributed by atoms with Gasteiger partial charge in [0.1, 0.15) is 11.4 Å². The zero-order chi connectivity index (χ0) is 21.2. The zero-order valence-electron chi connectivity index (χ0n) is 18.8. The molecule has 0 unspecified atom stereocenters. The van der Waals surface area contributed by atoms with Crippen LogP contribution in [0.25, 0.3) is 0 Å². The van der Waals surface area contributed by atoms with Crippen molar-refractivity contribution in [3.8, 4) is 0 Å². The summed E-state index contributed by atoms with van der Waals surface area (Å²) < 4.78 is 19.5. The molecule has 5 nitrogen and oxygen atoms in total. The molecule has 0 spiro atoms. The molecule has 12 atom stereocenters. The van der Waals surface area contributed by atoms with E-state index in [-0.39, 0.29) is 35.7 Å². The van der Waals surface area contributed by atoms with Gasteiger partial charge < -0.3 is 24.1 Å². The van der Waals surface area contributed by atoms with Crippen molar-refractivity contribution in [1.29, 1.82) is 0 Å². The molecule has 3 heterocycles. The number of hydrogen-bond acceptors (Lipinski definition) is 5. The Hall–Kier alpha value is -0.880. The fourth-order valence-corrected chi connectivity index (χ4v) is 8.45. The van der Waals surface area contributed by atoms with E-state index in [2.05, 4.69) is 34.6 Å². The zero-order valence-corrected chi connectivity index (χ0v) is 18.8. The molecule has 0 aromatic carbocycles. The maximum absolute atomic E-state index is 12.5. The standard InChI is InChI=1S/C25H36O5/c1-12-7-9-28-17(12)6-8-23(5)22-21(26)19-14(3)11-18-20(19)15(4)24(22,27)25(29-18,30-23)16-10-13(16)2/h7,9,13-16,18-22,26-27H,6,8,10-11H2,1-5H3/t13-,14-,15+,16-,18-,19+,20-,21+,22-,23-,24+,25+/m0/s1. The van der Waals surface area contributed by atoms with Crippen LogP contribution in [0.2, 0.25) is 0 Å². The first-order valence-electron chi connectivity index (χ1n) is 12.0. The van der Waals surface area contributed by atoms with Gasteiger partial charge >= 0.3 is 0 Å². The van der Waals surface area contributed by atoms with Crippen molar-refractivity contribution in [3.05, 3.63) is 23.7 Å². The van der Waals surface area contributed by atoms with Gasteiger partial charge in [-0.1, -0.05) is 20.8 Å². The lowest BCUT2D eigenvalue weighted by Crippen LogP contribution is -2.73. The third-order valence-electron chi connectivity index (χ3n) is 9.96. The van der Waals surface area contributed by atoms with E-state index in [1.54, 1.807) is 6.26 Å². The molecule has 0 amide bonds. The number of ether oxygens (including phenoxy) is 2. The lowest BCUT2D eigenvalue weighted by atomic mass is 9.51. The molecule has 5 heteroatoms. The van der Waals surface area contributed by atoms with Gasteiger partial charge in [0, 0.05) is 18.3 Å². The Kier molecular flexibility index (Phi) is 3.90. The number of aliphatic hydroxyl groups excluding tert-OH is 1. The Morgan fingerprint density at radius 1 is 1.13 bits per heavy atom. The summed E-state index contributed by atoms with van der Waals surface area (Å²) in [4.78, 5) is 0. The summed E-state index contributed by atoms with van der Waals surface area (Å²) in [5, 5.41) is 24.2. The van der Waals surface area contributed by atoms with Gasteiger partial charge in [-0.25, -0.2) is 0 Å². The predicted molar refractivity (Wildman–Crippen MR) is 111 cm³/mol. The number of aryl methyl sites for hydroxylation is 2. The van der Waals surface area contributed by atoms with E-state index in [0.29, 0.717) is 18.3 Å². The van der Waals surface area contributed by atoms with Crippen LogP contribution in [-0.2, 0) is 15.9 Å². The number of hydrogen-bond donors (Lipinski definition) is 2. The Labute approximate surface area is 179 Å². The first kappa shape index (κ1) is 19.8. The summed E-state index contributed by atoms with van der Waals surface area (Å²) >= 11 is 0. The average molecular weight is 417 g/mol. The molecular formula is C25H36O5. The summed E-state index contributed by atoms with van der Waals surface area (Å²) in [6, 6.07) is 1.99. The van der Waals surface area contributed by atoms with Crippen LogP contribution >= 0.6 is 0 Å². The van der Waals surface area contributed by atoms with Gasteiger partial charge in [-0.2, -0.15) is 0 Å². The van der Waals surface area contributed by atoms with E-state index < -0.39 is 23.1 Å². The number of aliphatic hydroxyl groups is 2. The van der Waals surface area contributed by atoms with Crippen LogP contribution in [0.3, 0.4) is 0 Å². The van der Waals surface area contributed by atoms with Crippen molar-refractivity contribution in [2.75, 3.05) is 0 Å². The largest absolute Gasteiger partial charge is 0.469 e. The van der Waals surface area contributed by atoms with E-state index in [0.717, 1.165) is 30.6 Å². The van der Waals surface area contributed by atoms with Crippen LogP contribution in [0.5, 0.6) is 0 Å². The van der Waals surface area contributed by atoms with Gasteiger partial charge in [0.25, 0.3) is 0 Å². The van der Waals surface area contributed by atoms with Gasteiger partial charge in [0.2, 0.25) is 5.79 Å². The maximum Gasteiger partial charge on any atom is 0.202 e. The Morgan fingerprint density at radius 3 is 2.50 bits per heavy atom. The highest BCUT2D eigenvalue weighted by Crippen LogP contribution is 2.73. The SMILES string of the molecule is Cc1ccoc1CC[C@]1(C)O[C@@]2([C@H]3C[C@@H]3C)O[C@H]3C[C@H](C)[C@H]4[C@@H](O)[C@@H]1[C@]2(O)[C@H](C)[C@H]43. The molecule has 1 aromatic heterocycles. The van der Waals surface area contributed by atoms with Crippen LogP contribution in [0.4, 0.5) is 0 Å². The monoisotopic (exact) mass is 416 g/mol. The van der Waals surface area contributed by atoms with Gasteiger partial charge in [-0.05, 0) is 74.3 Å². The van der Waals surface area contributed by atoms with Crippen molar-refractivity contribution in [2.24, 2.45) is 41.4 Å². The molecule has 2 saturated heterocycles. The van der Waals surface area contributed by atoms with Crippen molar-refractivity contribution < 1.29 is 24.1 Å². The lowest BCUT2D eigenvalue weighted by molar-refractivity contribution is -0.382. The molecule has 30 heavy (non-hydrogen) atoms. The summed E-state index contributed by atoms with van der Waals surface area (Å²) in [5.74, 6) is 1.09. The molecule has 3 aliphatic carbocycles. The summed E-state index contributed by atoms with van der Waals surface area (Å²) in [6.45, 7) is 10.8. The predicted octanol–water partition coefficient (Wildman–Crippen LogP) is 3.69. The summed E-state index contributed by atoms with van der Waals surface area (Å²) in [7, 11) is 0. The molecule has 3 saturated carbocycles. The first-order chi connectivity index (χ1) is 14.1. The van der Waals surface area contributed by atoms with E-state index in [9.17, 15) is 10.2 Å². The second-order valence-electron chi connectivity index (χ2n) is 11.5. The van der Waals surface area contributed by atoms with Gasteiger partial charge in [-0.15, -0.1) is 0 Å². The third kappa shape index (κ3) is 2.13. The van der Waals surface area contributed by atoms with Gasteiger partial charge in [0.15, 0.2) is 0 Å². The minimum Gasteiger partial charge on any atom is -0.469 e. The van der Waals surface area contributed by atoms with E-state index in [1.807, 2.05) is 6.07 Å².